The van der Waals surface area contributed by atoms with Crippen LogP contribution >= 0.6 is 15.9 Å². The van der Waals surface area contributed by atoms with Gasteiger partial charge in [0.05, 0.1) is 49.8 Å². The molecule has 616 valence electrons. The standard InChI is InChI=1S/C63H42N2.C32H22N2.C31H21Br/c1-6-21-43(22-7-1)59-55-40-39-54-53-34-17-19-36-58(53)64(61(54)62(55)65(49-30-14-5-15-31-49)60(59)44-23-8-2-9-24-44)50-32-20-25-45(41-50)46-37-38-52-51-33-16-18-35-56(51)63(57(52)42-46,47-26-10-3-11-27-47)48-28-12-4-13-29-48;1-4-12-22(13-5-1)29-27-21-20-26-25-18-10-11-19-28(25)33-30(26)32(27)34(24-16-8-3-9-17-24)31(29)23-14-6-2-7-15-23;32-26-15-9-10-22(20-26)23-18-19-28-27-16-7-8-17-29(27)31(30(28)21-23,24-11-3-1-4-12-24)25-13-5-2-6-14-25/h1-42H;1-21,33H;1-21H. The van der Waals surface area contributed by atoms with Gasteiger partial charge < -0.3 is 18.7 Å². The van der Waals surface area contributed by atoms with Crippen LogP contribution in [0.3, 0.4) is 0 Å². The SMILES string of the molecule is Brc1cccc(-c2ccc3c(c2)C(c2ccccc2)(c2ccccc2)c2ccccc2-3)c1.c1ccc(-c2c(-c3ccccc3)n(-c3ccccc3)c3c2ccc2c4ccccc4[nH]c23)cc1.c1ccc(-c2c(-c3ccccc3)n(-c3ccccc3)c3c2ccc2c4ccccc4n(-c4cccc(-c5ccc6c(c5)C(c5ccccc5)(c5ccccc5)c5ccccc5-6)c4)c23)cc1. The molecule has 5 heteroatoms. The molecule has 26 rings (SSSR count). The Balaban J connectivity index is 0.000000120. The van der Waals surface area contributed by atoms with Crippen molar-refractivity contribution in [2.24, 2.45) is 0 Å². The number of nitrogens with one attached hydrogen (secondary N) is 1. The van der Waals surface area contributed by atoms with Gasteiger partial charge in [0, 0.05) is 70.5 Å². The van der Waals surface area contributed by atoms with Crippen LogP contribution in [0.15, 0.2) is 514 Å². The Hall–Kier alpha value is -16.4. The minimum Gasteiger partial charge on any atom is -0.353 e. The van der Waals surface area contributed by atoms with Crippen LogP contribution in [0.25, 0.3) is 172 Å². The van der Waals surface area contributed by atoms with Gasteiger partial charge in [-0.25, -0.2) is 0 Å². The Morgan fingerprint density at radius 2 is 0.534 bits per heavy atom. The number of benzene rings is 20. The van der Waals surface area contributed by atoms with E-state index < -0.39 is 5.41 Å². The van der Waals surface area contributed by atoms with Crippen molar-refractivity contribution in [1.29, 1.82) is 0 Å². The van der Waals surface area contributed by atoms with Crippen molar-refractivity contribution in [2.45, 2.75) is 10.8 Å². The van der Waals surface area contributed by atoms with Crippen molar-refractivity contribution in [3.8, 4) is 106 Å². The fourth-order valence-electron chi connectivity index (χ4n) is 21.7. The Labute approximate surface area is 770 Å². The van der Waals surface area contributed by atoms with Gasteiger partial charge in [-0.2, -0.15) is 0 Å². The lowest BCUT2D eigenvalue weighted by Crippen LogP contribution is -2.28. The second kappa shape index (κ2) is 32.8. The number of hydrogen-bond acceptors (Lipinski definition) is 0. The topological polar surface area (TPSA) is 30.6 Å². The zero-order chi connectivity index (χ0) is 86.9. The van der Waals surface area contributed by atoms with Crippen LogP contribution in [0, 0.1) is 0 Å². The molecule has 4 heterocycles. The van der Waals surface area contributed by atoms with Gasteiger partial charge in [0.1, 0.15) is 0 Å². The van der Waals surface area contributed by atoms with Gasteiger partial charge >= 0.3 is 0 Å². The Bertz CT molecular complexity index is 8330. The molecule has 1 N–H and O–H groups in total. The third-order valence-corrected chi connectivity index (χ3v) is 27.6. The molecule has 0 saturated heterocycles. The molecule has 24 aromatic rings. The smallest absolute Gasteiger partial charge is 0.0789 e. The zero-order valence-corrected chi connectivity index (χ0v) is 73.3. The third kappa shape index (κ3) is 12.9. The molecule has 2 aliphatic carbocycles. The molecule has 0 amide bonds. The first-order valence-corrected chi connectivity index (χ1v) is 45.9. The van der Waals surface area contributed by atoms with Crippen molar-refractivity contribution in [3.63, 3.8) is 0 Å². The predicted octanol–water partition coefficient (Wildman–Crippen LogP) is 33.2. The van der Waals surface area contributed by atoms with Crippen LogP contribution in [0.5, 0.6) is 0 Å². The predicted molar refractivity (Wildman–Crippen MR) is 552 cm³/mol. The highest BCUT2D eigenvalue weighted by Gasteiger charge is 2.48. The van der Waals surface area contributed by atoms with E-state index in [0.29, 0.717) is 0 Å². The molecule has 0 fully saturated rings. The van der Waals surface area contributed by atoms with E-state index in [1.165, 1.54) is 194 Å². The summed E-state index contributed by atoms with van der Waals surface area (Å²) in [4.78, 5) is 3.75. The highest BCUT2D eigenvalue weighted by molar-refractivity contribution is 9.10. The first-order chi connectivity index (χ1) is 65.0. The van der Waals surface area contributed by atoms with E-state index >= 15 is 0 Å². The molecule has 2 aliphatic rings. The minimum absolute atomic E-state index is 0.351. The molecule has 4 nitrogen and oxygen atoms in total. The summed E-state index contributed by atoms with van der Waals surface area (Å²) in [6, 6.07) is 185. The number of nitrogens with zero attached hydrogens (tertiary/aromatic N) is 3. The lowest BCUT2D eigenvalue weighted by Gasteiger charge is -2.34. The molecule has 4 aromatic heterocycles. The number of aromatic nitrogens is 4. The Kier molecular flexibility index (Phi) is 19.5. The van der Waals surface area contributed by atoms with Gasteiger partial charge in [0.25, 0.3) is 0 Å². The quantitative estimate of drug-likeness (QED) is 0.119. The molecule has 0 bridgehead atoms. The average Bonchev–Trinajstić information content (AvgIpc) is 1.57. The fraction of sp³-hybridized carbons (Fsp3) is 0.0159. The van der Waals surface area contributed by atoms with Crippen molar-refractivity contribution < 1.29 is 0 Å². The maximum Gasteiger partial charge on any atom is 0.0789 e. The van der Waals surface area contributed by atoms with Crippen LogP contribution in [0.4, 0.5) is 0 Å². The van der Waals surface area contributed by atoms with Gasteiger partial charge in [-0.1, -0.05) is 453 Å². The lowest BCUT2D eigenvalue weighted by atomic mass is 9.67. The summed E-state index contributed by atoms with van der Waals surface area (Å²) in [7, 11) is 0. The number of H-pyrrole nitrogens is 1. The van der Waals surface area contributed by atoms with Gasteiger partial charge in [0.15, 0.2) is 0 Å². The zero-order valence-electron chi connectivity index (χ0n) is 71.7. The summed E-state index contributed by atoms with van der Waals surface area (Å²) >= 11 is 3.64. The number of hydrogen-bond donors (Lipinski definition) is 1. The molecule has 20 aromatic carbocycles. The van der Waals surface area contributed by atoms with Gasteiger partial charge in [-0.3, -0.25) is 0 Å². The average molecular weight is 1730 g/mol. The van der Waals surface area contributed by atoms with E-state index in [1.807, 2.05) is 0 Å². The molecular weight excluding hydrogens is 1650 g/mol. The maximum absolute atomic E-state index is 3.75. The Morgan fingerprint density at radius 1 is 0.198 bits per heavy atom. The summed E-state index contributed by atoms with van der Waals surface area (Å²) in [6.45, 7) is 0. The van der Waals surface area contributed by atoms with Crippen LogP contribution in [-0.4, -0.2) is 18.7 Å². The van der Waals surface area contributed by atoms with E-state index in [4.69, 9.17) is 0 Å². The van der Waals surface area contributed by atoms with E-state index in [-0.39, 0.29) is 5.41 Å². The largest absolute Gasteiger partial charge is 0.353 e. The van der Waals surface area contributed by atoms with Crippen molar-refractivity contribution in [2.75, 3.05) is 0 Å². The van der Waals surface area contributed by atoms with E-state index in [9.17, 15) is 0 Å². The van der Waals surface area contributed by atoms with Crippen LogP contribution in [-0.2, 0) is 10.8 Å². The van der Waals surface area contributed by atoms with Gasteiger partial charge in [0.2, 0.25) is 0 Å². The maximum atomic E-state index is 3.75. The van der Waals surface area contributed by atoms with E-state index in [0.717, 1.165) is 27.1 Å². The van der Waals surface area contributed by atoms with Crippen molar-refractivity contribution in [1.82, 2.24) is 18.7 Å². The first kappa shape index (κ1) is 78.1. The van der Waals surface area contributed by atoms with Crippen molar-refractivity contribution >= 4 is 81.3 Å². The summed E-state index contributed by atoms with van der Waals surface area (Å²) in [6.07, 6.45) is 0. The molecule has 0 aliphatic heterocycles. The van der Waals surface area contributed by atoms with Gasteiger partial charge in [-0.05, 0) is 184 Å². The number of rotatable bonds is 13. The monoisotopic (exact) mass is 1730 g/mol. The highest BCUT2D eigenvalue weighted by Crippen LogP contribution is 2.60. The van der Waals surface area contributed by atoms with Gasteiger partial charge in [-0.15, -0.1) is 0 Å². The van der Waals surface area contributed by atoms with Crippen LogP contribution in [0.1, 0.15) is 44.5 Å². The first-order valence-electron chi connectivity index (χ1n) is 45.1. The second-order valence-corrected chi connectivity index (χ2v) is 35.1. The summed E-state index contributed by atoms with van der Waals surface area (Å²) < 4.78 is 8.56. The summed E-state index contributed by atoms with van der Waals surface area (Å²) in [5.74, 6) is 0. The minimum atomic E-state index is -0.476. The Morgan fingerprint density at radius 3 is 1.02 bits per heavy atom. The van der Waals surface area contributed by atoms with Crippen molar-refractivity contribution in [3.05, 3.63) is 559 Å². The molecule has 0 atom stereocenters. The molecule has 0 saturated carbocycles. The highest BCUT2D eigenvalue weighted by atomic mass is 79.9. The normalized spacial score (nSPS) is 12.6. The summed E-state index contributed by atoms with van der Waals surface area (Å²) in [5.41, 5.74) is 39.7. The fourth-order valence-corrected chi connectivity index (χ4v) is 22.1. The third-order valence-electron chi connectivity index (χ3n) is 27.1. The number of halogens is 1. The number of para-hydroxylation sites is 4. The summed E-state index contributed by atoms with van der Waals surface area (Å²) in [5, 5.41) is 7.40. The van der Waals surface area contributed by atoms with Crippen LogP contribution in [0.2, 0.25) is 0 Å². The number of fused-ring (bicyclic) bond motifs is 16. The molecular formula is C126H85BrN4. The number of aromatic amines is 1. The van der Waals surface area contributed by atoms with E-state index in [1.54, 1.807) is 0 Å². The van der Waals surface area contributed by atoms with Crippen LogP contribution < -0.4 is 0 Å². The second-order valence-electron chi connectivity index (χ2n) is 34.2. The molecule has 0 radical (unpaired) electrons. The molecule has 0 spiro atoms. The lowest BCUT2D eigenvalue weighted by molar-refractivity contribution is 0.769. The molecule has 0 unspecified atom stereocenters. The van der Waals surface area contributed by atoms with E-state index in [2.05, 4.69) is 544 Å². The molecule has 131 heavy (non-hydrogen) atoms.